The third-order valence-corrected chi connectivity index (χ3v) is 3.22. The Morgan fingerprint density at radius 3 is 2.81 bits per heavy atom. The number of nitrogens with one attached hydrogen (secondary N) is 2. The SMILES string of the molecule is CCCOc1cccc(NCCC(=O)NC(C)CC)c1N. The Labute approximate surface area is 127 Å². The second-order valence-electron chi connectivity index (χ2n) is 5.12. The lowest BCUT2D eigenvalue weighted by molar-refractivity contribution is -0.121. The normalized spacial score (nSPS) is 11.8. The fraction of sp³-hybridized carbons (Fsp3) is 0.562. The van der Waals surface area contributed by atoms with E-state index in [2.05, 4.69) is 10.6 Å². The largest absolute Gasteiger partial charge is 0.491 e. The van der Waals surface area contributed by atoms with Gasteiger partial charge in [-0.3, -0.25) is 4.79 Å². The molecule has 0 heterocycles. The number of amides is 1. The smallest absolute Gasteiger partial charge is 0.221 e. The molecule has 1 atom stereocenters. The van der Waals surface area contributed by atoms with Gasteiger partial charge in [0.15, 0.2) is 0 Å². The van der Waals surface area contributed by atoms with E-state index in [9.17, 15) is 4.79 Å². The number of carbonyl (C=O) groups is 1. The van der Waals surface area contributed by atoms with E-state index in [4.69, 9.17) is 10.5 Å². The van der Waals surface area contributed by atoms with Crippen LogP contribution in [0.1, 0.15) is 40.0 Å². The van der Waals surface area contributed by atoms with Crippen LogP contribution in [0.4, 0.5) is 11.4 Å². The van der Waals surface area contributed by atoms with Crippen molar-refractivity contribution in [2.75, 3.05) is 24.2 Å². The summed E-state index contributed by atoms with van der Waals surface area (Å²) < 4.78 is 5.58. The van der Waals surface area contributed by atoms with Gasteiger partial charge in [-0.05, 0) is 31.9 Å². The molecule has 0 aliphatic heterocycles. The van der Waals surface area contributed by atoms with Gasteiger partial charge in [-0.25, -0.2) is 0 Å². The van der Waals surface area contributed by atoms with E-state index in [0.29, 0.717) is 31.0 Å². The summed E-state index contributed by atoms with van der Waals surface area (Å²) in [4.78, 5) is 11.7. The minimum Gasteiger partial charge on any atom is -0.491 e. The number of hydrogen-bond donors (Lipinski definition) is 3. The summed E-state index contributed by atoms with van der Waals surface area (Å²) in [5, 5.41) is 6.12. The van der Waals surface area contributed by atoms with Crippen LogP contribution >= 0.6 is 0 Å². The highest BCUT2D eigenvalue weighted by Gasteiger charge is 2.08. The maximum Gasteiger partial charge on any atom is 0.221 e. The third-order valence-electron chi connectivity index (χ3n) is 3.22. The molecule has 5 heteroatoms. The summed E-state index contributed by atoms with van der Waals surface area (Å²) in [6.07, 6.45) is 2.29. The first-order valence-corrected chi connectivity index (χ1v) is 7.63. The number of nitrogens with two attached hydrogens (primary N) is 1. The van der Waals surface area contributed by atoms with Crippen LogP contribution in [0.5, 0.6) is 5.75 Å². The molecule has 0 bridgehead atoms. The Morgan fingerprint density at radius 1 is 1.38 bits per heavy atom. The molecule has 1 aromatic carbocycles. The summed E-state index contributed by atoms with van der Waals surface area (Å²) in [6.45, 7) is 7.28. The van der Waals surface area contributed by atoms with Crippen molar-refractivity contribution in [3.8, 4) is 5.75 Å². The topological polar surface area (TPSA) is 76.4 Å². The van der Waals surface area contributed by atoms with Gasteiger partial charge in [0, 0.05) is 19.0 Å². The van der Waals surface area contributed by atoms with Crippen molar-refractivity contribution < 1.29 is 9.53 Å². The average Bonchev–Trinajstić information content (AvgIpc) is 2.47. The van der Waals surface area contributed by atoms with Gasteiger partial charge in [0.1, 0.15) is 5.75 Å². The number of carbonyl (C=O) groups excluding carboxylic acids is 1. The molecule has 0 radical (unpaired) electrons. The number of nitrogen functional groups attached to an aromatic ring is 1. The number of anilines is 2. The highest BCUT2D eigenvalue weighted by atomic mass is 16.5. The van der Waals surface area contributed by atoms with Crippen molar-refractivity contribution in [2.24, 2.45) is 0 Å². The number of ether oxygens (including phenoxy) is 1. The van der Waals surface area contributed by atoms with Crippen LogP contribution in [-0.2, 0) is 4.79 Å². The molecular formula is C16H27N3O2. The maximum absolute atomic E-state index is 11.7. The summed E-state index contributed by atoms with van der Waals surface area (Å²) >= 11 is 0. The number of benzene rings is 1. The van der Waals surface area contributed by atoms with E-state index in [-0.39, 0.29) is 11.9 Å². The highest BCUT2D eigenvalue weighted by molar-refractivity contribution is 5.77. The lowest BCUT2D eigenvalue weighted by Gasteiger charge is -2.14. The molecule has 5 nitrogen and oxygen atoms in total. The summed E-state index contributed by atoms with van der Waals surface area (Å²) in [5.41, 5.74) is 7.45. The summed E-state index contributed by atoms with van der Waals surface area (Å²) in [7, 11) is 0. The van der Waals surface area contributed by atoms with Gasteiger partial charge in [0.05, 0.1) is 18.0 Å². The van der Waals surface area contributed by atoms with Gasteiger partial charge in [0.2, 0.25) is 5.91 Å². The highest BCUT2D eigenvalue weighted by Crippen LogP contribution is 2.29. The fourth-order valence-electron chi connectivity index (χ4n) is 1.80. The van der Waals surface area contributed by atoms with Gasteiger partial charge >= 0.3 is 0 Å². The Kier molecular flexibility index (Phi) is 7.43. The average molecular weight is 293 g/mol. The Morgan fingerprint density at radius 2 is 2.14 bits per heavy atom. The molecule has 21 heavy (non-hydrogen) atoms. The van der Waals surface area contributed by atoms with Crippen molar-refractivity contribution >= 4 is 17.3 Å². The molecular weight excluding hydrogens is 266 g/mol. The second kappa shape index (κ2) is 9.10. The predicted molar refractivity (Wildman–Crippen MR) is 87.6 cm³/mol. The van der Waals surface area contributed by atoms with E-state index >= 15 is 0 Å². The molecule has 1 unspecified atom stereocenters. The monoisotopic (exact) mass is 293 g/mol. The first kappa shape index (κ1) is 17.1. The number of para-hydroxylation sites is 1. The third kappa shape index (κ3) is 5.94. The zero-order chi connectivity index (χ0) is 15.7. The van der Waals surface area contributed by atoms with Crippen LogP contribution in [0.25, 0.3) is 0 Å². The van der Waals surface area contributed by atoms with E-state index in [0.717, 1.165) is 18.5 Å². The molecule has 0 aromatic heterocycles. The molecule has 0 fully saturated rings. The van der Waals surface area contributed by atoms with Crippen LogP contribution in [-0.4, -0.2) is 25.1 Å². The van der Waals surface area contributed by atoms with Crippen molar-refractivity contribution in [3.05, 3.63) is 18.2 Å². The zero-order valence-corrected chi connectivity index (χ0v) is 13.2. The summed E-state index contributed by atoms with van der Waals surface area (Å²) in [5.74, 6) is 0.736. The van der Waals surface area contributed by atoms with Crippen molar-refractivity contribution in [3.63, 3.8) is 0 Å². The molecule has 0 saturated heterocycles. The zero-order valence-electron chi connectivity index (χ0n) is 13.2. The second-order valence-corrected chi connectivity index (χ2v) is 5.12. The van der Waals surface area contributed by atoms with E-state index in [1.165, 1.54) is 0 Å². The van der Waals surface area contributed by atoms with Crippen LogP contribution in [0.2, 0.25) is 0 Å². The Bertz CT molecular complexity index is 449. The molecule has 1 rings (SSSR count). The molecule has 4 N–H and O–H groups in total. The lowest BCUT2D eigenvalue weighted by atomic mass is 10.2. The maximum atomic E-state index is 11.7. The van der Waals surface area contributed by atoms with Gasteiger partial charge in [-0.15, -0.1) is 0 Å². The van der Waals surface area contributed by atoms with Gasteiger partial charge in [-0.2, -0.15) is 0 Å². The molecule has 118 valence electrons. The standard InChI is InChI=1S/C16H27N3O2/c1-4-11-21-14-8-6-7-13(16(14)17)18-10-9-15(20)19-12(3)5-2/h6-8,12,18H,4-5,9-11,17H2,1-3H3,(H,19,20). The van der Waals surface area contributed by atoms with Gasteiger partial charge in [0.25, 0.3) is 0 Å². The Hall–Kier alpha value is -1.91. The first-order valence-electron chi connectivity index (χ1n) is 7.63. The quantitative estimate of drug-likeness (QED) is 0.612. The minimum absolute atomic E-state index is 0.0498. The summed E-state index contributed by atoms with van der Waals surface area (Å²) in [6, 6.07) is 5.85. The van der Waals surface area contributed by atoms with E-state index < -0.39 is 0 Å². The molecule has 0 aliphatic rings. The van der Waals surface area contributed by atoms with Gasteiger partial charge in [-0.1, -0.05) is 19.9 Å². The van der Waals surface area contributed by atoms with E-state index in [1.54, 1.807) is 0 Å². The Balaban J connectivity index is 2.46. The number of rotatable bonds is 9. The van der Waals surface area contributed by atoms with E-state index in [1.807, 2.05) is 39.0 Å². The van der Waals surface area contributed by atoms with Crippen molar-refractivity contribution in [1.29, 1.82) is 0 Å². The van der Waals surface area contributed by atoms with Crippen molar-refractivity contribution in [2.45, 2.75) is 46.1 Å². The first-order chi connectivity index (χ1) is 10.1. The van der Waals surface area contributed by atoms with Crippen molar-refractivity contribution in [1.82, 2.24) is 5.32 Å². The van der Waals surface area contributed by atoms with Crippen LogP contribution in [0.3, 0.4) is 0 Å². The molecule has 0 saturated carbocycles. The molecule has 0 spiro atoms. The molecule has 1 aromatic rings. The molecule has 1 amide bonds. The van der Waals surface area contributed by atoms with Crippen LogP contribution in [0, 0.1) is 0 Å². The van der Waals surface area contributed by atoms with Crippen LogP contribution in [0.15, 0.2) is 18.2 Å². The lowest BCUT2D eigenvalue weighted by Crippen LogP contribution is -2.32. The fourth-order valence-corrected chi connectivity index (χ4v) is 1.80. The minimum atomic E-state index is 0.0498. The molecule has 0 aliphatic carbocycles. The number of hydrogen-bond acceptors (Lipinski definition) is 4. The predicted octanol–water partition coefficient (Wildman–Crippen LogP) is 2.77. The van der Waals surface area contributed by atoms with Crippen LogP contribution < -0.4 is 21.1 Å². The van der Waals surface area contributed by atoms with Gasteiger partial charge < -0.3 is 21.1 Å².